The van der Waals surface area contributed by atoms with Gasteiger partial charge in [-0.2, -0.15) is 0 Å². The Morgan fingerprint density at radius 3 is 2.62 bits per heavy atom. The van der Waals surface area contributed by atoms with Crippen LogP contribution in [0.2, 0.25) is 0 Å². The minimum Gasteiger partial charge on any atom is -0.458 e. The number of anilines is 1. The van der Waals surface area contributed by atoms with E-state index in [0.29, 0.717) is 24.2 Å². The number of amides is 1. The number of rotatable bonds is 7. The number of amidine groups is 1. The molecule has 8 nitrogen and oxygen atoms in total. The largest absolute Gasteiger partial charge is 0.458 e. The molecule has 0 aromatic heterocycles. The SMILES string of the molecule is N=C(N)c1ccc(N2CC(C(Cc3ccccc3)OC3=COCO3)OC2=O)cc1. The number of nitrogens with one attached hydrogen (secondary N) is 1. The van der Waals surface area contributed by atoms with E-state index in [1.807, 2.05) is 30.3 Å². The van der Waals surface area contributed by atoms with Gasteiger partial charge < -0.3 is 24.7 Å². The van der Waals surface area contributed by atoms with Gasteiger partial charge in [0, 0.05) is 17.7 Å². The molecule has 0 bridgehead atoms. The van der Waals surface area contributed by atoms with Crippen molar-refractivity contribution in [2.75, 3.05) is 18.2 Å². The van der Waals surface area contributed by atoms with Gasteiger partial charge in [0.25, 0.3) is 0 Å². The zero-order valence-corrected chi connectivity index (χ0v) is 15.6. The highest BCUT2D eigenvalue weighted by Crippen LogP contribution is 2.27. The van der Waals surface area contributed by atoms with E-state index in [0.717, 1.165) is 5.56 Å². The van der Waals surface area contributed by atoms with E-state index in [4.69, 9.17) is 30.1 Å². The fraction of sp³-hybridized carbons (Fsp3) is 0.238. The smallest absolute Gasteiger partial charge is 0.414 e. The van der Waals surface area contributed by atoms with Crippen LogP contribution in [0, 0.1) is 5.41 Å². The Bertz CT molecular complexity index is 914. The molecule has 1 amide bonds. The van der Waals surface area contributed by atoms with E-state index in [-0.39, 0.29) is 18.6 Å². The van der Waals surface area contributed by atoms with E-state index >= 15 is 0 Å². The maximum absolute atomic E-state index is 12.5. The first kappa shape index (κ1) is 18.7. The van der Waals surface area contributed by atoms with E-state index < -0.39 is 18.3 Å². The Balaban J connectivity index is 1.51. The van der Waals surface area contributed by atoms with Crippen LogP contribution in [-0.2, 0) is 25.4 Å². The third-order valence-corrected chi connectivity index (χ3v) is 4.74. The van der Waals surface area contributed by atoms with Crippen molar-refractivity contribution in [1.29, 1.82) is 5.41 Å². The molecular formula is C21H21N3O5. The lowest BCUT2D eigenvalue weighted by molar-refractivity contribution is -0.0566. The Hall–Kier alpha value is -3.68. The summed E-state index contributed by atoms with van der Waals surface area (Å²) in [5.41, 5.74) is 7.80. The average molecular weight is 395 g/mol. The number of carbonyl (C=O) groups excluding carboxylic acids is 1. The molecule has 2 aliphatic rings. The van der Waals surface area contributed by atoms with Crippen molar-refractivity contribution in [2.24, 2.45) is 5.73 Å². The third kappa shape index (κ3) is 4.26. The number of ether oxygens (including phenoxy) is 4. The fourth-order valence-electron chi connectivity index (χ4n) is 3.24. The van der Waals surface area contributed by atoms with Gasteiger partial charge in [0.2, 0.25) is 6.79 Å². The van der Waals surface area contributed by atoms with Crippen LogP contribution in [-0.4, -0.2) is 37.5 Å². The van der Waals surface area contributed by atoms with Crippen molar-refractivity contribution in [2.45, 2.75) is 18.6 Å². The van der Waals surface area contributed by atoms with E-state index in [1.165, 1.54) is 11.2 Å². The number of carbonyl (C=O) groups is 1. The molecule has 3 N–H and O–H groups in total. The lowest BCUT2D eigenvalue weighted by atomic mass is 10.0. The van der Waals surface area contributed by atoms with Crippen LogP contribution in [0.4, 0.5) is 10.5 Å². The molecule has 2 atom stereocenters. The summed E-state index contributed by atoms with van der Waals surface area (Å²) >= 11 is 0. The van der Waals surface area contributed by atoms with Crippen molar-refractivity contribution in [3.8, 4) is 0 Å². The number of nitrogen functional groups attached to an aromatic ring is 1. The topological polar surface area (TPSA) is 107 Å². The highest BCUT2D eigenvalue weighted by atomic mass is 16.8. The molecule has 0 spiro atoms. The second-order valence-electron chi connectivity index (χ2n) is 6.71. The zero-order valence-electron chi connectivity index (χ0n) is 15.6. The first-order valence-electron chi connectivity index (χ1n) is 9.18. The molecule has 0 aliphatic carbocycles. The molecule has 8 heteroatoms. The summed E-state index contributed by atoms with van der Waals surface area (Å²) in [5, 5.41) is 7.49. The first-order valence-corrected chi connectivity index (χ1v) is 9.18. The number of cyclic esters (lactones) is 1. The molecule has 0 saturated carbocycles. The minimum absolute atomic E-state index is 0.0261. The molecule has 29 heavy (non-hydrogen) atoms. The Kier molecular flexibility index (Phi) is 5.24. The van der Waals surface area contributed by atoms with Gasteiger partial charge in [-0.15, -0.1) is 0 Å². The predicted octanol–water partition coefficient (Wildman–Crippen LogP) is 2.73. The number of benzene rings is 2. The van der Waals surface area contributed by atoms with Crippen LogP contribution in [0.25, 0.3) is 0 Å². The van der Waals surface area contributed by atoms with E-state index in [9.17, 15) is 4.79 Å². The van der Waals surface area contributed by atoms with Gasteiger partial charge in [0.05, 0.1) is 6.54 Å². The summed E-state index contributed by atoms with van der Waals surface area (Å²) in [7, 11) is 0. The highest BCUT2D eigenvalue weighted by Gasteiger charge is 2.39. The Labute approximate surface area is 167 Å². The van der Waals surface area contributed by atoms with Crippen molar-refractivity contribution in [1.82, 2.24) is 0 Å². The normalized spacial score (nSPS) is 19.0. The molecule has 2 aromatic rings. The Morgan fingerprint density at radius 2 is 1.97 bits per heavy atom. The summed E-state index contributed by atoms with van der Waals surface area (Å²) in [5.74, 6) is 0.244. The number of nitrogens with two attached hydrogens (primary N) is 1. The molecule has 2 aromatic carbocycles. The van der Waals surface area contributed by atoms with Crippen LogP contribution in [0.15, 0.2) is 66.8 Å². The predicted molar refractivity (Wildman–Crippen MR) is 105 cm³/mol. The third-order valence-electron chi connectivity index (χ3n) is 4.74. The quantitative estimate of drug-likeness (QED) is 0.551. The van der Waals surface area contributed by atoms with Gasteiger partial charge in [0.15, 0.2) is 12.4 Å². The number of hydrogen-bond acceptors (Lipinski definition) is 6. The van der Waals surface area contributed by atoms with Crippen molar-refractivity contribution in [3.05, 3.63) is 77.9 Å². The summed E-state index contributed by atoms with van der Waals surface area (Å²) in [4.78, 5) is 14.0. The van der Waals surface area contributed by atoms with Crippen LogP contribution >= 0.6 is 0 Å². The van der Waals surface area contributed by atoms with Gasteiger partial charge in [-0.3, -0.25) is 10.3 Å². The average Bonchev–Trinajstić information content (AvgIpc) is 3.38. The zero-order chi connectivity index (χ0) is 20.2. The molecule has 4 rings (SSSR count). The summed E-state index contributed by atoms with van der Waals surface area (Å²) in [6, 6.07) is 16.7. The van der Waals surface area contributed by atoms with Crippen LogP contribution in [0.3, 0.4) is 0 Å². The van der Waals surface area contributed by atoms with Crippen LogP contribution in [0.5, 0.6) is 0 Å². The molecule has 1 fully saturated rings. The van der Waals surface area contributed by atoms with Gasteiger partial charge >= 0.3 is 12.0 Å². The minimum atomic E-state index is -0.500. The molecule has 2 heterocycles. The molecular weight excluding hydrogens is 374 g/mol. The van der Waals surface area contributed by atoms with Crippen LogP contribution in [0.1, 0.15) is 11.1 Å². The lowest BCUT2D eigenvalue weighted by Gasteiger charge is -2.23. The summed E-state index contributed by atoms with van der Waals surface area (Å²) < 4.78 is 21.9. The summed E-state index contributed by atoms with van der Waals surface area (Å²) in [6.07, 6.45) is 0.546. The van der Waals surface area contributed by atoms with Crippen molar-refractivity contribution in [3.63, 3.8) is 0 Å². The molecule has 2 unspecified atom stereocenters. The van der Waals surface area contributed by atoms with E-state index in [2.05, 4.69) is 0 Å². The van der Waals surface area contributed by atoms with Gasteiger partial charge in [-0.1, -0.05) is 30.3 Å². The first-order chi connectivity index (χ1) is 14.1. The Morgan fingerprint density at radius 1 is 1.21 bits per heavy atom. The highest BCUT2D eigenvalue weighted by molar-refractivity contribution is 5.96. The second-order valence-corrected chi connectivity index (χ2v) is 6.71. The van der Waals surface area contributed by atoms with E-state index in [1.54, 1.807) is 24.3 Å². The van der Waals surface area contributed by atoms with Crippen molar-refractivity contribution < 1.29 is 23.7 Å². The molecule has 2 aliphatic heterocycles. The van der Waals surface area contributed by atoms with Crippen molar-refractivity contribution >= 4 is 17.6 Å². The second kappa shape index (κ2) is 8.14. The monoisotopic (exact) mass is 395 g/mol. The lowest BCUT2D eigenvalue weighted by Crippen LogP contribution is -2.35. The van der Waals surface area contributed by atoms with Crippen LogP contribution < -0.4 is 10.6 Å². The fourth-order valence-corrected chi connectivity index (χ4v) is 3.24. The standard InChI is InChI=1S/C21H21N3O5/c22-20(23)15-6-8-16(9-7-15)24-11-18(29-21(24)25)17(28-19-12-26-13-27-19)10-14-4-2-1-3-5-14/h1-9,12,17-18H,10-11,13H2,(H3,22,23). The summed E-state index contributed by atoms with van der Waals surface area (Å²) in [6.45, 7) is 0.427. The molecule has 1 saturated heterocycles. The molecule has 0 radical (unpaired) electrons. The van der Waals surface area contributed by atoms with Gasteiger partial charge in [0.1, 0.15) is 11.9 Å². The van der Waals surface area contributed by atoms with Gasteiger partial charge in [-0.25, -0.2) is 4.79 Å². The molecule has 150 valence electrons. The van der Waals surface area contributed by atoms with Gasteiger partial charge in [-0.05, 0) is 29.8 Å². The number of nitrogens with zero attached hydrogens (tertiary/aromatic N) is 1. The number of hydrogen-bond donors (Lipinski definition) is 2. The maximum Gasteiger partial charge on any atom is 0.414 e. The maximum atomic E-state index is 12.5.